The normalized spacial score (nSPS) is 12.9. The smallest absolute Gasteiger partial charge is 0.283 e. The van der Waals surface area contributed by atoms with E-state index >= 15 is 0 Å². The molecule has 1 amide bonds. The van der Waals surface area contributed by atoms with Crippen molar-refractivity contribution in [1.82, 2.24) is 19.3 Å². The first-order valence-electron chi connectivity index (χ1n) is 7.78. The molecule has 1 atom stereocenters. The summed E-state index contributed by atoms with van der Waals surface area (Å²) in [5.41, 5.74) is -0.553. The third-order valence-corrected chi connectivity index (χ3v) is 4.48. The Morgan fingerprint density at radius 2 is 1.85 bits per heavy atom. The lowest BCUT2D eigenvalue weighted by molar-refractivity contribution is -0.119. The Kier molecular flexibility index (Phi) is 5.09. The molecule has 0 aliphatic rings. The highest BCUT2D eigenvalue weighted by Gasteiger charge is 2.32. The molecule has 0 aliphatic carbocycles. The van der Waals surface area contributed by atoms with Gasteiger partial charge >= 0.3 is 0 Å². The van der Waals surface area contributed by atoms with E-state index in [0.717, 1.165) is 5.52 Å². The van der Waals surface area contributed by atoms with E-state index in [-0.39, 0.29) is 5.95 Å². The van der Waals surface area contributed by atoms with Gasteiger partial charge in [0.05, 0.1) is 16.1 Å². The molecule has 2 aromatic heterocycles. The largest absolute Gasteiger partial charge is 0.313 e. The zero-order valence-electron chi connectivity index (χ0n) is 14.1. The van der Waals surface area contributed by atoms with Crippen LogP contribution in [0.2, 0.25) is 5.02 Å². The molecule has 0 saturated carbocycles. The van der Waals surface area contributed by atoms with E-state index in [9.17, 15) is 22.4 Å². The van der Waals surface area contributed by atoms with Gasteiger partial charge in [0.25, 0.3) is 18.8 Å². The summed E-state index contributed by atoms with van der Waals surface area (Å²) in [7, 11) is 1.67. The zero-order chi connectivity index (χ0) is 19.9. The minimum absolute atomic E-state index is 0.180. The number of halogens is 5. The molecule has 0 spiro atoms. The molecule has 3 aromatic rings. The molecule has 0 radical (unpaired) electrons. The number of amides is 1. The third-order valence-electron chi connectivity index (χ3n) is 4.09. The van der Waals surface area contributed by atoms with Crippen LogP contribution >= 0.6 is 11.6 Å². The van der Waals surface area contributed by atoms with Gasteiger partial charge in [-0.05, 0) is 19.1 Å². The van der Waals surface area contributed by atoms with Crippen molar-refractivity contribution in [2.75, 3.05) is 5.32 Å². The highest BCUT2D eigenvalue weighted by Crippen LogP contribution is 2.36. The lowest BCUT2D eigenvalue weighted by Crippen LogP contribution is -2.27. The molecule has 144 valence electrons. The number of para-hydroxylation sites is 2. The third kappa shape index (κ3) is 3.36. The van der Waals surface area contributed by atoms with Crippen LogP contribution in [0.3, 0.4) is 0 Å². The number of aromatic nitrogens is 4. The van der Waals surface area contributed by atoms with E-state index in [0.29, 0.717) is 10.2 Å². The van der Waals surface area contributed by atoms with Gasteiger partial charge in [-0.1, -0.05) is 23.7 Å². The highest BCUT2D eigenvalue weighted by atomic mass is 35.5. The Bertz CT molecular complexity index is 1000. The van der Waals surface area contributed by atoms with E-state index < -0.39 is 41.2 Å². The number of benzene rings is 1. The summed E-state index contributed by atoms with van der Waals surface area (Å²) in [6, 6.07) is 5.78. The number of imidazole rings is 1. The van der Waals surface area contributed by atoms with E-state index in [2.05, 4.69) is 15.4 Å². The Morgan fingerprint density at radius 1 is 1.19 bits per heavy atom. The average molecular weight is 404 g/mol. The van der Waals surface area contributed by atoms with E-state index in [1.54, 1.807) is 35.9 Å². The number of carbonyl (C=O) groups is 1. The summed E-state index contributed by atoms with van der Waals surface area (Å²) in [4.78, 5) is 16.8. The summed E-state index contributed by atoms with van der Waals surface area (Å²) >= 11 is 5.62. The number of aryl methyl sites for hydroxylation is 1. The second-order valence-corrected chi connectivity index (χ2v) is 6.16. The second-order valence-electron chi connectivity index (χ2n) is 5.78. The Balaban J connectivity index is 1.93. The first-order valence-corrected chi connectivity index (χ1v) is 8.16. The molecular weight excluding hydrogens is 390 g/mol. The monoisotopic (exact) mass is 403 g/mol. The second kappa shape index (κ2) is 7.18. The molecule has 0 bridgehead atoms. The SMILES string of the molecule is CC(C(=O)Nc1nc2ccccc2n1C)n1nc(C(F)F)c(Cl)c1C(F)F. The number of hydrogen-bond donors (Lipinski definition) is 1. The fourth-order valence-corrected chi connectivity index (χ4v) is 2.95. The average Bonchev–Trinajstić information content (AvgIpc) is 3.12. The van der Waals surface area contributed by atoms with Crippen molar-refractivity contribution in [3.05, 3.63) is 40.7 Å². The number of carbonyl (C=O) groups excluding carboxylic acids is 1. The fourth-order valence-electron chi connectivity index (χ4n) is 2.66. The lowest BCUT2D eigenvalue weighted by Gasteiger charge is -2.15. The van der Waals surface area contributed by atoms with Crippen molar-refractivity contribution >= 4 is 34.5 Å². The van der Waals surface area contributed by atoms with Crippen molar-refractivity contribution < 1.29 is 22.4 Å². The van der Waals surface area contributed by atoms with Crippen LogP contribution in [0.5, 0.6) is 0 Å². The molecule has 0 saturated heterocycles. The summed E-state index contributed by atoms with van der Waals surface area (Å²) in [5, 5.41) is 5.08. The lowest BCUT2D eigenvalue weighted by atomic mass is 10.3. The maximum atomic E-state index is 13.3. The number of alkyl halides is 4. The van der Waals surface area contributed by atoms with Crippen LogP contribution in [0.25, 0.3) is 11.0 Å². The molecule has 1 N–H and O–H groups in total. The molecular formula is C16H14ClF4N5O. The van der Waals surface area contributed by atoms with Gasteiger partial charge in [0, 0.05) is 7.05 Å². The van der Waals surface area contributed by atoms with Crippen LogP contribution < -0.4 is 5.32 Å². The number of fused-ring (bicyclic) bond motifs is 1. The van der Waals surface area contributed by atoms with Crippen molar-refractivity contribution in [2.45, 2.75) is 25.8 Å². The van der Waals surface area contributed by atoms with E-state index in [4.69, 9.17) is 11.6 Å². The predicted molar refractivity (Wildman–Crippen MR) is 91.2 cm³/mol. The quantitative estimate of drug-likeness (QED) is 0.638. The van der Waals surface area contributed by atoms with Crippen LogP contribution in [0.4, 0.5) is 23.5 Å². The first kappa shape index (κ1) is 19.2. The summed E-state index contributed by atoms with van der Waals surface area (Å²) in [6.07, 6.45) is -6.32. The van der Waals surface area contributed by atoms with Gasteiger partial charge in [-0.3, -0.25) is 10.1 Å². The summed E-state index contributed by atoms with van der Waals surface area (Å²) in [6.45, 7) is 1.25. The first-order chi connectivity index (χ1) is 12.7. The topological polar surface area (TPSA) is 64.7 Å². The molecule has 0 fully saturated rings. The van der Waals surface area contributed by atoms with Crippen molar-refractivity contribution in [3.8, 4) is 0 Å². The Morgan fingerprint density at radius 3 is 2.44 bits per heavy atom. The van der Waals surface area contributed by atoms with Gasteiger partial charge in [0.2, 0.25) is 5.95 Å². The molecule has 1 aromatic carbocycles. The molecule has 27 heavy (non-hydrogen) atoms. The molecule has 3 rings (SSSR count). The maximum absolute atomic E-state index is 13.3. The van der Waals surface area contributed by atoms with Crippen LogP contribution in [0.1, 0.15) is 37.2 Å². The Hall–Kier alpha value is -2.62. The number of rotatable bonds is 5. The van der Waals surface area contributed by atoms with Gasteiger partial charge in [0.1, 0.15) is 17.4 Å². The van der Waals surface area contributed by atoms with Crippen LogP contribution in [-0.2, 0) is 11.8 Å². The molecule has 1 unspecified atom stereocenters. The van der Waals surface area contributed by atoms with Gasteiger partial charge < -0.3 is 4.57 Å². The number of hydrogen-bond acceptors (Lipinski definition) is 3. The van der Waals surface area contributed by atoms with Gasteiger partial charge in [-0.15, -0.1) is 0 Å². The summed E-state index contributed by atoms with van der Waals surface area (Å²) < 4.78 is 54.6. The van der Waals surface area contributed by atoms with Gasteiger partial charge in [-0.25, -0.2) is 27.2 Å². The zero-order valence-corrected chi connectivity index (χ0v) is 14.9. The number of nitrogens with one attached hydrogen (secondary N) is 1. The summed E-state index contributed by atoms with van der Waals surface area (Å²) in [5.74, 6) is -0.575. The maximum Gasteiger partial charge on any atom is 0.283 e. The van der Waals surface area contributed by atoms with Gasteiger partial charge in [-0.2, -0.15) is 5.10 Å². The number of anilines is 1. The Labute approximate surface area is 155 Å². The molecule has 11 heteroatoms. The minimum atomic E-state index is -3.18. The van der Waals surface area contributed by atoms with Gasteiger partial charge in [0.15, 0.2) is 0 Å². The predicted octanol–water partition coefficient (Wildman–Crippen LogP) is 4.50. The van der Waals surface area contributed by atoms with Crippen molar-refractivity contribution in [1.29, 1.82) is 0 Å². The van der Waals surface area contributed by atoms with Crippen LogP contribution in [0, 0.1) is 0 Å². The number of nitrogens with zero attached hydrogens (tertiary/aromatic N) is 4. The van der Waals surface area contributed by atoms with Crippen LogP contribution in [-0.4, -0.2) is 25.2 Å². The molecule has 6 nitrogen and oxygen atoms in total. The highest BCUT2D eigenvalue weighted by molar-refractivity contribution is 6.32. The minimum Gasteiger partial charge on any atom is -0.313 e. The molecule has 0 aliphatic heterocycles. The van der Waals surface area contributed by atoms with Crippen molar-refractivity contribution in [3.63, 3.8) is 0 Å². The van der Waals surface area contributed by atoms with E-state index in [1.807, 2.05) is 0 Å². The standard InChI is InChI=1S/C16H14ClF4N5O/c1-7(26-12(14(20)21)10(17)11(24-26)13(18)19)15(27)23-16-22-8-5-3-4-6-9(8)25(16)2/h3-7,13-14H,1-2H3,(H,22,23,27). The van der Waals surface area contributed by atoms with Crippen molar-refractivity contribution in [2.24, 2.45) is 7.05 Å². The van der Waals surface area contributed by atoms with E-state index in [1.165, 1.54) is 6.92 Å². The van der Waals surface area contributed by atoms with Crippen LogP contribution in [0.15, 0.2) is 24.3 Å². The fraction of sp³-hybridized carbons (Fsp3) is 0.312. The molecule has 2 heterocycles.